The van der Waals surface area contributed by atoms with Crippen molar-refractivity contribution in [3.05, 3.63) is 52.4 Å². The summed E-state index contributed by atoms with van der Waals surface area (Å²) in [5.41, 5.74) is 0.883. The molecule has 1 aromatic carbocycles. The highest BCUT2D eigenvalue weighted by atomic mass is 79.9. The Morgan fingerprint density at radius 3 is 2.55 bits per heavy atom. The van der Waals surface area contributed by atoms with Gasteiger partial charge in [-0.05, 0) is 52.7 Å². The quantitative estimate of drug-likeness (QED) is 0.769. The molecule has 0 aliphatic carbocycles. The predicted octanol–water partition coefficient (Wildman–Crippen LogP) is 3.65. The van der Waals surface area contributed by atoms with Crippen LogP contribution in [0.15, 0.2) is 45.5 Å². The number of ether oxygens (including phenoxy) is 2. The maximum atomic E-state index is 11.1. The fraction of sp³-hybridized carbons (Fsp3) is 0.312. The van der Waals surface area contributed by atoms with Crippen LogP contribution in [0.5, 0.6) is 5.75 Å². The van der Waals surface area contributed by atoms with Crippen LogP contribution in [-0.4, -0.2) is 23.8 Å². The van der Waals surface area contributed by atoms with E-state index in [9.17, 15) is 4.79 Å². The zero-order valence-electron chi connectivity index (χ0n) is 12.1. The van der Waals surface area contributed by atoms with Gasteiger partial charge in [0.2, 0.25) is 0 Å². The van der Waals surface area contributed by atoms with E-state index >= 15 is 0 Å². The van der Waals surface area contributed by atoms with Gasteiger partial charge in [-0.1, -0.05) is 12.1 Å². The minimum atomic E-state index is -0.953. The molecule has 1 aromatic heterocycles. The highest BCUT2D eigenvalue weighted by Crippen LogP contribution is 2.18. The zero-order valence-corrected chi connectivity index (χ0v) is 13.7. The molecule has 0 aliphatic heterocycles. The highest BCUT2D eigenvalue weighted by Gasteiger charge is 2.17. The van der Waals surface area contributed by atoms with Gasteiger partial charge in [0, 0.05) is 13.0 Å². The molecular weight excluding hydrogens is 352 g/mol. The molecule has 1 unspecified atom stereocenters. The van der Waals surface area contributed by atoms with Crippen LogP contribution in [0, 0.1) is 0 Å². The summed E-state index contributed by atoms with van der Waals surface area (Å²) in [5.74, 6) is 0.461. The number of rotatable bonds is 8. The Hall–Kier alpha value is -1.79. The number of furan rings is 1. The number of hydrogen-bond acceptors (Lipinski definition) is 4. The van der Waals surface area contributed by atoms with Crippen molar-refractivity contribution in [2.24, 2.45) is 0 Å². The molecule has 2 aromatic rings. The van der Waals surface area contributed by atoms with E-state index in [1.165, 1.54) is 0 Å². The van der Waals surface area contributed by atoms with Crippen LogP contribution in [0.4, 0.5) is 0 Å². The minimum absolute atomic E-state index is 0.328. The van der Waals surface area contributed by atoms with Crippen molar-refractivity contribution >= 4 is 21.9 Å². The highest BCUT2D eigenvalue weighted by molar-refractivity contribution is 9.10. The van der Waals surface area contributed by atoms with E-state index in [2.05, 4.69) is 15.9 Å². The summed E-state index contributed by atoms with van der Waals surface area (Å²) < 4.78 is 16.8. The van der Waals surface area contributed by atoms with Gasteiger partial charge in [0.05, 0.1) is 0 Å². The average molecular weight is 369 g/mol. The lowest BCUT2D eigenvalue weighted by atomic mass is 10.1. The van der Waals surface area contributed by atoms with Crippen LogP contribution in [-0.2, 0) is 22.6 Å². The van der Waals surface area contributed by atoms with E-state index < -0.39 is 12.1 Å². The van der Waals surface area contributed by atoms with Gasteiger partial charge in [-0.15, -0.1) is 0 Å². The van der Waals surface area contributed by atoms with E-state index in [4.69, 9.17) is 19.0 Å². The molecule has 1 atom stereocenters. The second-order valence-corrected chi connectivity index (χ2v) is 5.41. The molecule has 0 spiro atoms. The smallest absolute Gasteiger partial charge is 0.333 e. The molecule has 0 amide bonds. The Balaban J connectivity index is 1.90. The van der Waals surface area contributed by atoms with E-state index in [1.54, 1.807) is 19.1 Å². The van der Waals surface area contributed by atoms with Gasteiger partial charge in [0.15, 0.2) is 10.8 Å². The van der Waals surface area contributed by atoms with Crippen molar-refractivity contribution in [1.82, 2.24) is 0 Å². The van der Waals surface area contributed by atoms with Gasteiger partial charge in [-0.2, -0.15) is 0 Å². The van der Waals surface area contributed by atoms with Gasteiger partial charge in [0.1, 0.15) is 18.1 Å². The third kappa shape index (κ3) is 4.89. The molecule has 0 fully saturated rings. The van der Waals surface area contributed by atoms with Crippen molar-refractivity contribution in [2.75, 3.05) is 6.61 Å². The molecule has 5 nitrogen and oxygen atoms in total. The monoisotopic (exact) mass is 368 g/mol. The predicted molar refractivity (Wildman–Crippen MR) is 83.9 cm³/mol. The van der Waals surface area contributed by atoms with Crippen molar-refractivity contribution < 1.29 is 23.8 Å². The third-order valence-corrected chi connectivity index (χ3v) is 3.42. The van der Waals surface area contributed by atoms with E-state index in [1.807, 2.05) is 24.3 Å². The number of carbonyl (C=O) groups is 1. The second kappa shape index (κ2) is 8.00. The Labute approximate surface area is 137 Å². The van der Waals surface area contributed by atoms with Crippen molar-refractivity contribution in [2.45, 2.75) is 26.1 Å². The number of halogens is 1. The zero-order chi connectivity index (χ0) is 15.9. The van der Waals surface area contributed by atoms with Crippen LogP contribution in [0.2, 0.25) is 0 Å². The lowest BCUT2D eigenvalue weighted by Gasteiger charge is -2.12. The molecule has 0 saturated carbocycles. The molecular formula is C16H17BrO5. The van der Waals surface area contributed by atoms with Crippen molar-refractivity contribution in [1.29, 1.82) is 0 Å². The molecule has 118 valence electrons. The van der Waals surface area contributed by atoms with Crippen LogP contribution in [0.1, 0.15) is 18.2 Å². The average Bonchev–Trinajstić information content (AvgIpc) is 2.91. The summed E-state index contributed by atoms with van der Waals surface area (Å²) in [6, 6.07) is 10.9. The lowest BCUT2D eigenvalue weighted by Crippen LogP contribution is -2.26. The summed E-state index contributed by atoms with van der Waals surface area (Å²) in [7, 11) is 0. The Kier molecular flexibility index (Phi) is 6.03. The summed E-state index contributed by atoms with van der Waals surface area (Å²) in [6.07, 6.45) is -0.494. The number of benzene rings is 1. The molecule has 0 saturated heterocycles. The number of aliphatic carboxylic acids is 1. The van der Waals surface area contributed by atoms with Crippen molar-refractivity contribution in [3.8, 4) is 5.75 Å². The number of carboxylic acids is 1. The first-order chi connectivity index (χ1) is 10.6. The largest absolute Gasteiger partial charge is 0.486 e. The van der Waals surface area contributed by atoms with E-state index in [-0.39, 0.29) is 0 Å². The van der Waals surface area contributed by atoms with Gasteiger partial charge in [-0.25, -0.2) is 4.79 Å². The molecule has 1 N–H and O–H groups in total. The molecule has 1 heterocycles. The molecule has 0 aliphatic rings. The minimum Gasteiger partial charge on any atom is -0.486 e. The first kappa shape index (κ1) is 16.6. The number of carboxylic acid groups (broad SMARTS) is 1. The topological polar surface area (TPSA) is 68.9 Å². The Morgan fingerprint density at radius 1 is 1.27 bits per heavy atom. The van der Waals surface area contributed by atoms with Crippen molar-refractivity contribution in [3.63, 3.8) is 0 Å². The summed E-state index contributed by atoms with van der Waals surface area (Å²) in [4.78, 5) is 11.1. The van der Waals surface area contributed by atoms with Gasteiger partial charge in [-0.3, -0.25) is 0 Å². The van der Waals surface area contributed by atoms with E-state index in [0.29, 0.717) is 30.1 Å². The Bertz CT molecular complexity index is 605. The van der Waals surface area contributed by atoms with Crippen LogP contribution >= 0.6 is 15.9 Å². The fourth-order valence-electron chi connectivity index (χ4n) is 1.94. The fourth-order valence-corrected chi connectivity index (χ4v) is 2.28. The van der Waals surface area contributed by atoms with E-state index in [0.717, 1.165) is 11.3 Å². The van der Waals surface area contributed by atoms with Crippen LogP contribution < -0.4 is 4.74 Å². The molecule has 2 rings (SSSR count). The standard InChI is InChI=1S/C16H17BrO5/c1-2-20-14(16(18)19)9-11-3-5-12(6-4-11)21-10-13-7-8-15(17)22-13/h3-8,14H,2,9-10H2,1H3,(H,18,19). The first-order valence-corrected chi connectivity index (χ1v) is 7.68. The molecule has 6 heteroatoms. The molecule has 22 heavy (non-hydrogen) atoms. The Morgan fingerprint density at radius 2 is 2.00 bits per heavy atom. The molecule has 0 bridgehead atoms. The summed E-state index contributed by atoms with van der Waals surface area (Å²) in [6.45, 7) is 2.48. The normalized spacial score (nSPS) is 12.1. The van der Waals surface area contributed by atoms with Gasteiger partial charge < -0.3 is 19.0 Å². The summed E-state index contributed by atoms with van der Waals surface area (Å²) >= 11 is 3.23. The maximum Gasteiger partial charge on any atom is 0.333 e. The molecule has 0 radical (unpaired) electrons. The van der Waals surface area contributed by atoms with Crippen LogP contribution in [0.3, 0.4) is 0 Å². The maximum absolute atomic E-state index is 11.1. The van der Waals surface area contributed by atoms with Gasteiger partial charge in [0.25, 0.3) is 0 Å². The number of hydrogen-bond donors (Lipinski definition) is 1. The second-order valence-electron chi connectivity index (χ2n) is 4.62. The van der Waals surface area contributed by atoms with Crippen LogP contribution in [0.25, 0.3) is 0 Å². The lowest BCUT2D eigenvalue weighted by molar-refractivity contribution is -0.149. The third-order valence-electron chi connectivity index (χ3n) is 3.00. The SMILES string of the molecule is CCOC(Cc1ccc(OCc2ccc(Br)o2)cc1)C(=O)O. The van der Waals surface area contributed by atoms with Gasteiger partial charge >= 0.3 is 5.97 Å². The summed E-state index contributed by atoms with van der Waals surface area (Å²) in [5, 5.41) is 9.07. The first-order valence-electron chi connectivity index (χ1n) is 6.89.